The van der Waals surface area contributed by atoms with Crippen LogP contribution in [0.4, 0.5) is 17.1 Å². The molecule has 192 valence electrons. The van der Waals surface area contributed by atoms with Crippen LogP contribution >= 0.6 is 11.6 Å². The zero-order valence-corrected chi connectivity index (χ0v) is 21.2. The normalized spacial score (nSPS) is 11.5. The van der Waals surface area contributed by atoms with Crippen LogP contribution in [0.15, 0.2) is 97.3 Å². The SMILES string of the molecule is COc1ccc(NC(=O)CC(=O)N/N=C(/C)c2cc3cc(N=Nc4ccccc4Cl)ccc3oc2=O)cc1. The van der Waals surface area contributed by atoms with E-state index in [2.05, 4.69) is 26.1 Å². The van der Waals surface area contributed by atoms with E-state index in [9.17, 15) is 14.4 Å². The summed E-state index contributed by atoms with van der Waals surface area (Å²) in [5, 5.41) is 16.0. The van der Waals surface area contributed by atoms with Crippen molar-refractivity contribution in [2.75, 3.05) is 12.4 Å². The number of nitrogens with zero attached hydrogens (tertiary/aromatic N) is 3. The lowest BCUT2D eigenvalue weighted by Gasteiger charge is -2.06. The van der Waals surface area contributed by atoms with Crippen LogP contribution in [0.1, 0.15) is 18.9 Å². The molecule has 3 aromatic carbocycles. The van der Waals surface area contributed by atoms with Crippen LogP contribution in [0.5, 0.6) is 5.75 Å². The largest absolute Gasteiger partial charge is 0.497 e. The van der Waals surface area contributed by atoms with Crippen LogP contribution in [0, 0.1) is 0 Å². The van der Waals surface area contributed by atoms with Crippen molar-refractivity contribution in [1.29, 1.82) is 0 Å². The quantitative estimate of drug-likeness (QED) is 0.0982. The maximum atomic E-state index is 12.5. The number of carbonyl (C=O) groups excluding carboxylic acids is 2. The molecule has 0 aliphatic heterocycles. The molecular weight excluding hydrogens is 510 g/mol. The minimum Gasteiger partial charge on any atom is -0.497 e. The molecule has 0 fully saturated rings. The number of carbonyl (C=O) groups is 2. The van der Waals surface area contributed by atoms with Gasteiger partial charge in [-0.15, -0.1) is 5.11 Å². The number of amides is 2. The number of fused-ring (bicyclic) bond motifs is 1. The number of azo groups is 1. The highest BCUT2D eigenvalue weighted by Gasteiger charge is 2.12. The molecule has 2 amide bonds. The molecular formula is C27H22ClN5O5. The van der Waals surface area contributed by atoms with Crippen LogP contribution in [0.2, 0.25) is 5.02 Å². The molecule has 0 radical (unpaired) electrons. The summed E-state index contributed by atoms with van der Waals surface area (Å²) in [5.41, 5.74) is 3.90. The molecule has 0 saturated carbocycles. The Balaban J connectivity index is 1.44. The lowest BCUT2D eigenvalue weighted by Crippen LogP contribution is -2.26. The summed E-state index contributed by atoms with van der Waals surface area (Å²) in [7, 11) is 1.54. The smallest absolute Gasteiger partial charge is 0.345 e. The number of hydrazone groups is 1. The first-order valence-electron chi connectivity index (χ1n) is 11.3. The molecule has 38 heavy (non-hydrogen) atoms. The molecule has 1 heterocycles. The van der Waals surface area contributed by atoms with E-state index in [1.165, 1.54) is 14.0 Å². The van der Waals surface area contributed by atoms with Gasteiger partial charge in [0.15, 0.2) is 0 Å². The molecule has 0 bridgehead atoms. The van der Waals surface area contributed by atoms with Gasteiger partial charge in [-0.3, -0.25) is 9.59 Å². The van der Waals surface area contributed by atoms with Gasteiger partial charge in [0.25, 0.3) is 0 Å². The van der Waals surface area contributed by atoms with Gasteiger partial charge in [-0.05, 0) is 67.6 Å². The third kappa shape index (κ3) is 6.68. The predicted octanol–water partition coefficient (Wildman–Crippen LogP) is 5.74. The average molecular weight is 532 g/mol. The van der Waals surface area contributed by atoms with Crippen molar-refractivity contribution in [2.24, 2.45) is 15.3 Å². The Labute approximate surface area is 222 Å². The van der Waals surface area contributed by atoms with E-state index >= 15 is 0 Å². The molecule has 11 heteroatoms. The summed E-state index contributed by atoms with van der Waals surface area (Å²) >= 11 is 6.11. The summed E-state index contributed by atoms with van der Waals surface area (Å²) < 4.78 is 10.5. The van der Waals surface area contributed by atoms with Gasteiger partial charge in [-0.25, -0.2) is 10.2 Å². The van der Waals surface area contributed by atoms with Crippen LogP contribution in [-0.2, 0) is 9.59 Å². The molecule has 0 saturated heterocycles. The average Bonchev–Trinajstić information content (AvgIpc) is 2.91. The highest BCUT2D eigenvalue weighted by atomic mass is 35.5. The molecule has 4 aromatic rings. The molecule has 0 spiro atoms. The van der Waals surface area contributed by atoms with Gasteiger partial charge in [0, 0.05) is 11.1 Å². The number of ether oxygens (including phenoxy) is 1. The number of rotatable bonds is 8. The van der Waals surface area contributed by atoms with Gasteiger partial charge in [-0.1, -0.05) is 23.7 Å². The fourth-order valence-corrected chi connectivity index (χ4v) is 3.51. The second-order valence-corrected chi connectivity index (χ2v) is 8.41. The second-order valence-electron chi connectivity index (χ2n) is 8.01. The van der Waals surface area contributed by atoms with Gasteiger partial charge in [0.2, 0.25) is 11.8 Å². The van der Waals surface area contributed by atoms with E-state index in [1.807, 2.05) is 0 Å². The number of benzene rings is 3. The number of halogens is 1. The molecule has 0 atom stereocenters. The van der Waals surface area contributed by atoms with Gasteiger partial charge in [0.05, 0.1) is 29.1 Å². The third-order valence-electron chi connectivity index (χ3n) is 5.27. The molecule has 0 aliphatic rings. The van der Waals surface area contributed by atoms with Crippen molar-refractivity contribution in [3.63, 3.8) is 0 Å². The van der Waals surface area contributed by atoms with E-state index in [0.29, 0.717) is 38.8 Å². The maximum absolute atomic E-state index is 12.5. The molecule has 4 rings (SSSR count). The Hall–Kier alpha value is -4.83. The summed E-state index contributed by atoms with van der Waals surface area (Å²) in [6, 6.07) is 20.3. The number of hydrogen-bond donors (Lipinski definition) is 2. The minimum absolute atomic E-state index is 0.140. The fraction of sp³-hybridized carbons (Fsp3) is 0.111. The Kier molecular flexibility index (Phi) is 8.24. The number of anilines is 1. The van der Waals surface area contributed by atoms with E-state index in [-0.39, 0.29) is 11.3 Å². The van der Waals surface area contributed by atoms with Crippen LogP contribution in [0.3, 0.4) is 0 Å². The van der Waals surface area contributed by atoms with Crippen molar-refractivity contribution in [3.05, 3.63) is 93.8 Å². The highest BCUT2D eigenvalue weighted by molar-refractivity contribution is 6.32. The lowest BCUT2D eigenvalue weighted by molar-refractivity contribution is -0.126. The Morgan fingerprint density at radius 3 is 2.47 bits per heavy atom. The van der Waals surface area contributed by atoms with E-state index in [0.717, 1.165) is 0 Å². The first-order valence-corrected chi connectivity index (χ1v) is 11.7. The monoisotopic (exact) mass is 531 g/mol. The van der Waals surface area contributed by atoms with Gasteiger partial charge < -0.3 is 14.5 Å². The number of nitrogens with one attached hydrogen (secondary N) is 2. The summed E-state index contributed by atoms with van der Waals surface area (Å²) in [4.78, 5) is 36.8. The van der Waals surface area contributed by atoms with Gasteiger partial charge in [0.1, 0.15) is 23.4 Å². The Morgan fingerprint density at radius 1 is 0.974 bits per heavy atom. The van der Waals surface area contributed by atoms with Crippen molar-refractivity contribution in [1.82, 2.24) is 5.43 Å². The first kappa shape index (κ1) is 26.2. The molecule has 10 nitrogen and oxygen atoms in total. The fourth-order valence-electron chi connectivity index (χ4n) is 3.34. The van der Waals surface area contributed by atoms with Crippen LogP contribution in [-0.4, -0.2) is 24.6 Å². The van der Waals surface area contributed by atoms with E-state index < -0.39 is 23.9 Å². The van der Waals surface area contributed by atoms with Gasteiger partial charge >= 0.3 is 5.63 Å². The van der Waals surface area contributed by atoms with Crippen LogP contribution < -0.4 is 21.1 Å². The molecule has 2 N–H and O–H groups in total. The number of hydrogen-bond acceptors (Lipinski definition) is 8. The summed E-state index contributed by atoms with van der Waals surface area (Å²) in [6.07, 6.45) is -0.463. The zero-order valence-electron chi connectivity index (χ0n) is 20.4. The maximum Gasteiger partial charge on any atom is 0.345 e. The minimum atomic E-state index is -0.650. The van der Waals surface area contributed by atoms with Crippen molar-refractivity contribution < 1.29 is 18.7 Å². The highest BCUT2D eigenvalue weighted by Crippen LogP contribution is 2.27. The van der Waals surface area contributed by atoms with Crippen molar-refractivity contribution in [2.45, 2.75) is 13.3 Å². The molecule has 1 aromatic heterocycles. The summed E-state index contributed by atoms with van der Waals surface area (Å²) in [5.74, 6) is -0.534. The van der Waals surface area contributed by atoms with E-state index in [4.69, 9.17) is 20.8 Å². The number of methoxy groups -OCH3 is 1. The standard InChI is InChI=1S/C27H22ClN5O5/c1-16(30-33-26(35)15-25(34)29-18-7-10-20(37-2)11-8-18)21-14-17-13-19(9-12-24(17)38-27(21)36)31-32-23-6-4-3-5-22(23)28/h3-14H,15H2,1-2H3,(H,29,34)(H,33,35)/b30-16-,32-31?. The molecule has 0 unspecified atom stereocenters. The van der Waals surface area contributed by atoms with Crippen molar-refractivity contribution in [3.8, 4) is 5.75 Å². The lowest BCUT2D eigenvalue weighted by atomic mass is 10.1. The zero-order chi connectivity index (χ0) is 27.1. The second kappa shape index (κ2) is 11.9. The van der Waals surface area contributed by atoms with E-state index in [1.54, 1.807) is 72.8 Å². The molecule has 0 aliphatic carbocycles. The van der Waals surface area contributed by atoms with Crippen LogP contribution in [0.25, 0.3) is 11.0 Å². The summed E-state index contributed by atoms with van der Waals surface area (Å²) in [6.45, 7) is 1.54. The van der Waals surface area contributed by atoms with Gasteiger partial charge in [-0.2, -0.15) is 10.2 Å². The Morgan fingerprint density at radius 2 is 1.74 bits per heavy atom. The predicted molar refractivity (Wildman–Crippen MR) is 145 cm³/mol. The first-order chi connectivity index (χ1) is 18.3. The van der Waals surface area contributed by atoms with Crippen molar-refractivity contribution >= 4 is 57.2 Å². The Bertz CT molecular complexity index is 1610. The third-order valence-corrected chi connectivity index (χ3v) is 5.59. The topological polar surface area (TPSA) is 135 Å².